The molecule has 0 spiro atoms. The minimum absolute atomic E-state index is 0.0231. The molecule has 0 aromatic rings. The lowest BCUT2D eigenvalue weighted by molar-refractivity contribution is -0.292. The number of esters is 3. The van der Waals surface area contributed by atoms with Crippen molar-refractivity contribution >= 4 is 17.9 Å². The molecule has 0 saturated carbocycles. The summed E-state index contributed by atoms with van der Waals surface area (Å²) in [5.41, 5.74) is 0.142. The van der Waals surface area contributed by atoms with E-state index in [0.717, 1.165) is 12.8 Å². The topological polar surface area (TPSA) is 99.1 Å². The fourth-order valence-electron chi connectivity index (χ4n) is 2.19. The molecule has 0 heterocycles. The number of ether oxygens (including phenoxy) is 3. The molecule has 0 saturated heterocycles. The summed E-state index contributed by atoms with van der Waals surface area (Å²) in [6.45, 7) is 18.1. The first-order valence-electron chi connectivity index (χ1n) is 9.21. The zero-order valence-corrected chi connectivity index (χ0v) is 17.5. The van der Waals surface area contributed by atoms with E-state index < -0.39 is 35.9 Å². The van der Waals surface area contributed by atoms with Crippen LogP contribution in [0.3, 0.4) is 0 Å². The number of aliphatic hydroxyl groups is 1. The monoisotopic (exact) mass is 396 g/mol. The zero-order chi connectivity index (χ0) is 22.1. The highest BCUT2D eigenvalue weighted by Gasteiger charge is 2.53. The predicted octanol–water partition coefficient (Wildman–Crippen LogP) is 3.37. The summed E-state index contributed by atoms with van der Waals surface area (Å²) >= 11 is 0. The number of hydrogen-bond donors (Lipinski definition) is 1. The summed E-state index contributed by atoms with van der Waals surface area (Å²) in [5, 5.41) is 10.8. The van der Waals surface area contributed by atoms with Gasteiger partial charge < -0.3 is 19.3 Å². The van der Waals surface area contributed by atoms with Crippen molar-refractivity contribution in [1.82, 2.24) is 0 Å². The van der Waals surface area contributed by atoms with Crippen LogP contribution in [-0.4, -0.2) is 41.0 Å². The smallest absolute Gasteiger partial charge is 0.336 e. The number of carbonyl (C=O) groups is 3. The van der Waals surface area contributed by atoms with Crippen LogP contribution in [0.4, 0.5) is 0 Å². The van der Waals surface area contributed by atoms with Crippen molar-refractivity contribution < 1.29 is 33.7 Å². The number of aliphatic hydroxyl groups excluding tert-OH is 1. The van der Waals surface area contributed by atoms with E-state index in [-0.39, 0.29) is 23.1 Å². The number of rotatable bonds is 12. The third kappa shape index (κ3) is 7.31. The average Bonchev–Trinajstić information content (AvgIpc) is 2.60. The summed E-state index contributed by atoms with van der Waals surface area (Å²) in [6, 6.07) is 0. The molecular formula is C21H32O7. The van der Waals surface area contributed by atoms with Crippen LogP contribution >= 0.6 is 0 Å². The molecule has 0 aromatic carbocycles. The Morgan fingerprint density at radius 3 is 1.68 bits per heavy atom. The van der Waals surface area contributed by atoms with Crippen LogP contribution < -0.4 is 0 Å². The lowest BCUT2D eigenvalue weighted by atomic mass is 9.97. The highest BCUT2D eigenvalue weighted by molar-refractivity contribution is 5.89. The molecule has 1 N–H and O–H groups in total. The van der Waals surface area contributed by atoms with Gasteiger partial charge in [0.05, 0.1) is 0 Å². The first-order chi connectivity index (χ1) is 12.9. The Balaban J connectivity index is 6.12. The summed E-state index contributed by atoms with van der Waals surface area (Å²) < 4.78 is 16.0. The van der Waals surface area contributed by atoms with Gasteiger partial charge in [-0.1, -0.05) is 45.9 Å². The molecule has 0 bridgehead atoms. The molecule has 7 nitrogen and oxygen atoms in total. The maximum Gasteiger partial charge on any atom is 0.336 e. The van der Waals surface area contributed by atoms with E-state index in [1.807, 2.05) is 6.92 Å². The minimum Gasteiger partial charge on any atom is -0.451 e. The van der Waals surface area contributed by atoms with Crippen molar-refractivity contribution in [1.29, 1.82) is 0 Å². The number of carbonyl (C=O) groups excluding carboxylic acids is 3. The predicted molar refractivity (Wildman–Crippen MR) is 105 cm³/mol. The van der Waals surface area contributed by atoms with Gasteiger partial charge in [-0.15, -0.1) is 0 Å². The van der Waals surface area contributed by atoms with Gasteiger partial charge in [0.25, 0.3) is 0 Å². The van der Waals surface area contributed by atoms with Crippen LogP contribution in [0, 0.1) is 0 Å². The third-order valence-corrected chi connectivity index (χ3v) is 3.95. The normalized spacial score (nSPS) is 13.1. The maximum atomic E-state index is 12.3. The highest BCUT2D eigenvalue weighted by atomic mass is 16.8. The molecule has 0 aliphatic rings. The molecule has 28 heavy (non-hydrogen) atoms. The maximum absolute atomic E-state index is 12.3. The molecule has 0 aromatic heterocycles. The zero-order valence-electron chi connectivity index (χ0n) is 17.5. The number of unbranched alkanes of at least 4 members (excludes halogenated alkanes) is 2. The Morgan fingerprint density at radius 2 is 1.32 bits per heavy atom. The second-order valence-corrected chi connectivity index (χ2v) is 6.90. The molecular weight excluding hydrogens is 364 g/mol. The summed E-state index contributed by atoms with van der Waals surface area (Å²) in [5.74, 6) is -4.84. The molecule has 158 valence electrons. The van der Waals surface area contributed by atoms with Crippen molar-refractivity contribution in [2.24, 2.45) is 0 Å². The van der Waals surface area contributed by atoms with E-state index in [0.29, 0.717) is 6.42 Å². The van der Waals surface area contributed by atoms with Crippen LogP contribution in [0.25, 0.3) is 0 Å². The summed E-state index contributed by atoms with van der Waals surface area (Å²) in [7, 11) is 0. The van der Waals surface area contributed by atoms with Gasteiger partial charge in [0.1, 0.15) is 6.10 Å². The average molecular weight is 396 g/mol. The lowest BCUT2D eigenvalue weighted by Crippen LogP contribution is -2.58. The Hall–Kier alpha value is -2.41. The fourth-order valence-corrected chi connectivity index (χ4v) is 2.19. The van der Waals surface area contributed by atoms with Crippen LogP contribution in [0.5, 0.6) is 0 Å². The summed E-state index contributed by atoms with van der Waals surface area (Å²) in [6.07, 6.45) is -0.350. The molecule has 0 aliphatic heterocycles. The second-order valence-electron chi connectivity index (χ2n) is 6.90. The molecule has 0 rings (SSSR count). The quantitative estimate of drug-likeness (QED) is 0.234. The van der Waals surface area contributed by atoms with Crippen LogP contribution in [0.15, 0.2) is 36.5 Å². The molecule has 0 amide bonds. The Morgan fingerprint density at radius 1 is 0.893 bits per heavy atom. The van der Waals surface area contributed by atoms with E-state index in [1.54, 1.807) is 0 Å². The van der Waals surface area contributed by atoms with E-state index in [1.165, 1.54) is 27.7 Å². The molecule has 2 unspecified atom stereocenters. The van der Waals surface area contributed by atoms with E-state index in [4.69, 9.17) is 14.2 Å². The SMILES string of the molecule is C=C(C)C(=O)OC(C)C(OC(=O)C(=C)C)(OC(=O)C(=C)C)C(O)CCCCC. The van der Waals surface area contributed by atoms with Gasteiger partial charge in [-0.3, -0.25) is 0 Å². The van der Waals surface area contributed by atoms with Gasteiger partial charge in [-0.05, 0) is 34.1 Å². The third-order valence-electron chi connectivity index (χ3n) is 3.95. The van der Waals surface area contributed by atoms with Crippen molar-refractivity contribution in [3.05, 3.63) is 36.5 Å². The van der Waals surface area contributed by atoms with Gasteiger partial charge in [0.2, 0.25) is 0 Å². The molecule has 0 radical (unpaired) electrons. The van der Waals surface area contributed by atoms with Crippen LogP contribution in [0.2, 0.25) is 0 Å². The van der Waals surface area contributed by atoms with Gasteiger partial charge in [0, 0.05) is 16.7 Å². The first kappa shape index (κ1) is 25.6. The van der Waals surface area contributed by atoms with Crippen molar-refractivity contribution in [3.8, 4) is 0 Å². The Labute approximate surface area is 167 Å². The molecule has 2 atom stereocenters. The lowest BCUT2D eigenvalue weighted by Gasteiger charge is -2.40. The van der Waals surface area contributed by atoms with Crippen LogP contribution in [-0.2, 0) is 28.6 Å². The first-order valence-corrected chi connectivity index (χ1v) is 9.21. The summed E-state index contributed by atoms with van der Waals surface area (Å²) in [4.78, 5) is 36.5. The van der Waals surface area contributed by atoms with Crippen LogP contribution in [0.1, 0.15) is 60.3 Å². The number of hydrogen-bond acceptors (Lipinski definition) is 7. The fraction of sp³-hybridized carbons (Fsp3) is 0.571. The largest absolute Gasteiger partial charge is 0.451 e. The molecule has 7 heteroatoms. The van der Waals surface area contributed by atoms with Gasteiger partial charge in [-0.2, -0.15) is 0 Å². The van der Waals surface area contributed by atoms with Crippen molar-refractivity contribution in [3.63, 3.8) is 0 Å². The molecule has 0 aliphatic carbocycles. The molecule has 0 fully saturated rings. The van der Waals surface area contributed by atoms with Gasteiger partial charge >= 0.3 is 23.7 Å². The van der Waals surface area contributed by atoms with Crippen molar-refractivity contribution in [2.45, 2.75) is 78.3 Å². The highest BCUT2D eigenvalue weighted by Crippen LogP contribution is 2.31. The van der Waals surface area contributed by atoms with Gasteiger partial charge in [0.15, 0.2) is 6.10 Å². The standard InChI is InChI=1S/C21H32O7/c1-9-10-11-12-17(22)21(27-19(24)14(4)5,28-20(25)15(6)7)16(8)26-18(23)13(2)3/h16-17,22H,2,4,6,9-12H2,1,3,5,7-8H3. The van der Waals surface area contributed by atoms with Crippen molar-refractivity contribution in [2.75, 3.05) is 0 Å². The second kappa shape index (κ2) is 11.4. The minimum atomic E-state index is -2.26. The Bertz CT molecular complexity index is 605. The Kier molecular flexibility index (Phi) is 10.5. The van der Waals surface area contributed by atoms with E-state index in [2.05, 4.69) is 19.7 Å². The van der Waals surface area contributed by atoms with E-state index in [9.17, 15) is 19.5 Å². The van der Waals surface area contributed by atoms with Gasteiger partial charge in [-0.25, -0.2) is 14.4 Å². The van der Waals surface area contributed by atoms with E-state index >= 15 is 0 Å².